The summed E-state index contributed by atoms with van der Waals surface area (Å²) in [6, 6.07) is 5.45. The predicted molar refractivity (Wildman–Crippen MR) is 102 cm³/mol. The van der Waals surface area contributed by atoms with Gasteiger partial charge in [0, 0.05) is 12.1 Å². The van der Waals surface area contributed by atoms with Gasteiger partial charge in [-0.05, 0) is 18.2 Å². The average molecular weight is 439 g/mol. The molecule has 30 heavy (non-hydrogen) atoms. The number of pyridine rings is 1. The molecular formula is C19H17ClF2N4O4. The molecule has 0 aliphatic carbocycles. The van der Waals surface area contributed by atoms with Gasteiger partial charge in [0.2, 0.25) is 0 Å². The normalized spacial score (nSPS) is 25.6. The second kappa shape index (κ2) is 7.62. The number of aliphatic hydroxyl groups is 1. The van der Waals surface area contributed by atoms with Crippen LogP contribution in [-0.4, -0.2) is 57.7 Å². The maximum Gasteiger partial charge on any atom is 0.296 e. The number of fused-ring (bicyclic) bond motifs is 2. The Morgan fingerprint density at radius 1 is 1.20 bits per heavy atom. The molecule has 0 spiro atoms. The number of nitrogens with zero attached hydrogens (tertiary/aromatic N) is 2. The topological polar surface area (TPSA) is 102 Å². The van der Waals surface area contributed by atoms with E-state index in [1.165, 1.54) is 18.2 Å². The van der Waals surface area contributed by atoms with Crippen LogP contribution in [0.2, 0.25) is 5.02 Å². The molecule has 5 rings (SSSR count). The van der Waals surface area contributed by atoms with E-state index in [1.54, 1.807) is 6.07 Å². The SMILES string of the molecule is O[C@@H]1COC2[C@H](Oc3nc4nc(NCc5c(F)cccc5F)c(Cl)cc4[nH]3)CO[C@@H]21. The first-order chi connectivity index (χ1) is 14.5. The van der Waals surface area contributed by atoms with Crippen LogP contribution in [0, 0.1) is 11.6 Å². The summed E-state index contributed by atoms with van der Waals surface area (Å²) in [5.74, 6) is -1.09. The number of H-pyrrole nitrogens is 1. The molecule has 2 aromatic heterocycles. The quantitative estimate of drug-likeness (QED) is 0.562. The van der Waals surface area contributed by atoms with Gasteiger partial charge in [0.05, 0.1) is 23.8 Å². The number of aromatic amines is 1. The summed E-state index contributed by atoms with van der Waals surface area (Å²) in [4.78, 5) is 11.6. The van der Waals surface area contributed by atoms with E-state index in [0.717, 1.165) is 0 Å². The second-order valence-corrected chi connectivity index (χ2v) is 7.51. The van der Waals surface area contributed by atoms with Gasteiger partial charge in [-0.25, -0.2) is 13.8 Å². The Morgan fingerprint density at radius 3 is 2.77 bits per heavy atom. The minimum Gasteiger partial charge on any atom is -0.456 e. The van der Waals surface area contributed by atoms with Crippen LogP contribution < -0.4 is 10.1 Å². The van der Waals surface area contributed by atoms with Crippen molar-refractivity contribution in [2.45, 2.75) is 31.0 Å². The lowest BCUT2D eigenvalue weighted by atomic mass is 10.1. The number of ether oxygens (including phenoxy) is 3. The molecule has 3 aromatic rings. The molecule has 3 N–H and O–H groups in total. The van der Waals surface area contributed by atoms with Crippen LogP contribution >= 0.6 is 11.6 Å². The molecule has 2 aliphatic heterocycles. The van der Waals surface area contributed by atoms with E-state index in [-0.39, 0.29) is 48.3 Å². The zero-order valence-corrected chi connectivity index (χ0v) is 16.2. The number of aromatic nitrogens is 3. The summed E-state index contributed by atoms with van der Waals surface area (Å²) in [6.07, 6.45) is -1.89. The summed E-state index contributed by atoms with van der Waals surface area (Å²) < 4.78 is 44.5. The fourth-order valence-corrected chi connectivity index (χ4v) is 3.86. The second-order valence-electron chi connectivity index (χ2n) is 7.11. The lowest BCUT2D eigenvalue weighted by molar-refractivity contribution is 0.00706. The van der Waals surface area contributed by atoms with E-state index < -0.39 is 29.9 Å². The van der Waals surface area contributed by atoms with E-state index in [2.05, 4.69) is 20.3 Å². The molecule has 1 aromatic carbocycles. The summed E-state index contributed by atoms with van der Waals surface area (Å²) >= 11 is 6.25. The lowest BCUT2D eigenvalue weighted by Crippen LogP contribution is -2.34. The Labute approximate surface area is 174 Å². The molecule has 1 unspecified atom stereocenters. The van der Waals surface area contributed by atoms with E-state index in [9.17, 15) is 13.9 Å². The number of anilines is 1. The first-order valence-corrected chi connectivity index (χ1v) is 9.68. The Kier molecular flexibility index (Phi) is 4.94. The molecule has 2 saturated heterocycles. The van der Waals surface area contributed by atoms with Gasteiger partial charge in [-0.2, -0.15) is 4.98 Å². The summed E-state index contributed by atoms with van der Waals surface area (Å²) in [6.45, 7) is 0.329. The van der Waals surface area contributed by atoms with E-state index in [1.807, 2.05) is 0 Å². The smallest absolute Gasteiger partial charge is 0.296 e. The van der Waals surface area contributed by atoms with Crippen LogP contribution in [0.3, 0.4) is 0 Å². The molecule has 0 saturated carbocycles. The Hall–Kier alpha value is -2.53. The van der Waals surface area contributed by atoms with Gasteiger partial charge in [0.15, 0.2) is 11.8 Å². The number of hydrogen-bond acceptors (Lipinski definition) is 7. The third-order valence-corrected chi connectivity index (χ3v) is 5.43. The van der Waals surface area contributed by atoms with Crippen molar-refractivity contribution in [2.24, 2.45) is 0 Å². The molecule has 8 nitrogen and oxygen atoms in total. The van der Waals surface area contributed by atoms with Crippen LogP contribution in [0.15, 0.2) is 24.3 Å². The van der Waals surface area contributed by atoms with Crippen molar-refractivity contribution < 1.29 is 28.1 Å². The largest absolute Gasteiger partial charge is 0.456 e. The molecule has 4 heterocycles. The van der Waals surface area contributed by atoms with Crippen molar-refractivity contribution in [3.05, 3.63) is 46.5 Å². The highest BCUT2D eigenvalue weighted by molar-refractivity contribution is 6.33. The monoisotopic (exact) mass is 438 g/mol. The third kappa shape index (κ3) is 3.45. The van der Waals surface area contributed by atoms with Crippen molar-refractivity contribution in [2.75, 3.05) is 18.5 Å². The van der Waals surface area contributed by atoms with Gasteiger partial charge in [0.25, 0.3) is 6.01 Å². The van der Waals surface area contributed by atoms with Crippen molar-refractivity contribution in [1.82, 2.24) is 15.0 Å². The molecule has 2 aliphatic rings. The maximum atomic E-state index is 13.8. The van der Waals surface area contributed by atoms with E-state index >= 15 is 0 Å². The van der Waals surface area contributed by atoms with Gasteiger partial charge < -0.3 is 29.6 Å². The molecule has 158 valence electrons. The fourth-order valence-electron chi connectivity index (χ4n) is 3.64. The zero-order valence-electron chi connectivity index (χ0n) is 15.4. The number of benzene rings is 1. The van der Waals surface area contributed by atoms with Crippen LogP contribution in [0.25, 0.3) is 11.2 Å². The Bertz CT molecular complexity index is 1080. The van der Waals surface area contributed by atoms with E-state index in [0.29, 0.717) is 11.2 Å². The minimum absolute atomic E-state index is 0.115. The van der Waals surface area contributed by atoms with Crippen molar-refractivity contribution in [1.29, 1.82) is 0 Å². The molecule has 2 fully saturated rings. The number of imidazole rings is 1. The van der Waals surface area contributed by atoms with E-state index in [4.69, 9.17) is 25.8 Å². The Balaban J connectivity index is 1.33. The van der Waals surface area contributed by atoms with Crippen LogP contribution in [-0.2, 0) is 16.0 Å². The van der Waals surface area contributed by atoms with Gasteiger partial charge in [-0.15, -0.1) is 0 Å². The van der Waals surface area contributed by atoms with Crippen LogP contribution in [0.1, 0.15) is 5.56 Å². The highest BCUT2D eigenvalue weighted by Gasteiger charge is 2.48. The first-order valence-electron chi connectivity index (χ1n) is 9.30. The molecule has 0 radical (unpaired) electrons. The number of nitrogens with one attached hydrogen (secondary N) is 2. The van der Waals surface area contributed by atoms with Gasteiger partial charge in [0.1, 0.15) is 35.8 Å². The van der Waals surface area contributed by atoms with Crippen LogP contribution in [0.5, 0.6) is 6.01 Å². The number of aliphatic hydroxyl groups excluding tert-OH is 1. The molecular weight excluding hydrogens is 422 g/mol. The fraction of sp³-hybridized carbons (Fsp3) is 0.368. The standard InChI is InChI=1S/C19H17ClF2N4O4/c20-9-4-12-18(25-17(9)23-5-8-10(21)2-1-3-11(8)22)26-19(24-12)30-14-7-29-15-13(27)6-28-16(14)15/h1-4,13-16,27H,5-7H2,(H2,23,24,25,26)/t13-,14-,15-,16?/m1/s1. The van der Waals surface area contributed by atoms with Gasteiger partial charge >= 0.3 is 0 Å². The molecule has 0 amide bonds. The predicted octanol–water partition coefficient (Wildman–Crippen LogP) is 2.41. The van der Waals surface area contributed by atoms with Gasteiger partial charge in [-0.3, -0.25) is 0 Å². The average Bonchev–Trinajstić information content (AvgIpc) is 3.39. The molecule has 11 heteroatoms. The summed E-state index contributed by atoms with van der Waals surface area (Å²) in [5.41, 5.74) is 0.727. The minimum atomic E-state index is -0.673. The number of hydrogen-bond donors (Lipinski definition) is 3. The number of halogens is 3. The molecule has 0 bridgehead atoms. The summed E-state index contributed by atoms with van der Waals surface area (Å²) in [7, 11) is 0. The lowest BCUT2D eigenvalue weighted by Gasteiger charge is -2.15. The van der Waals surface area contributed by atoms with Crippen molar-refractivity contribution in [3.8, 4) is 6.01 Å². The first kappa shape index (κ1) is 19.4. The Morgan fingerprint density at radius 2 is 1.97 bits per heavy atom. The maximum absolute atomic E-state index is 13.8. The highest BCUT2D eigenvalue weighted by Crippen LogP contribution is 2.31. The van der Waals surface area contributed by atoms with Crippen molar-refractivity contribution >= 4 is 28.6 Å². The van der Waals surface area contributed by atoms with Crippen molar-refractivity contribution in [3.63, 3.8) is 0 Å². The van der Waals surface area contributed by atoms with Gasteiger partial charge in [-0.1, -0.05) is 17.7 Å². The third-order valence-electron chi connectivity index (χ3n) is 5.14. The molecule has 4 atom stereocenters. The van der Waals surface area contributed by atoms with Crippen LogP contribution in [0.4, 0.5) is 14.6 Å². The zero-order chi connectivity index (χ0) is 20.8. The highest BCUT2D eigenvalue weighted by atomic mass is 35.5. The number of rotatable bonds is 5. The summed E-state index contributed by atoms with van der Waals surface area (Å²) in [5, 5.41) is 12.9.